The van der Waals surface area contributed by atoms with Crippen LogP contribution in [0.1, 0.15) is 55.7 Å². The highest BCUT2D eigenvalue weighted by Gasteiger charge is 2.37. The number of alkyl halides is 3. The number of carbonyl (C=O) groups excluding carboxylic acids is 2. The number of carbonyl (C=O) groups is 2. The third kappa shape index (κ3) is 8.12. The number of hydrogen-bond donors (Lipinski definition) is 1. The first-order valence-corrected chi connectivity index (χ1v) is 16.2. The van der Waals surface area contributed by atoms with Gasteiger partial charge in [-0.3, -0.25) is 13.9 Å². The summed E-state index contributed by atoms with van der Waals surface area (Å²) in [6.45, 7) is 2.58. The number of rotatable bonds is 10. The molecule has 0 aliphatic heterocycles. The van der Waals surface area contributed by atoms with E-state index in [-0.39, 0.29) is 23.4 Å². The number of aryl methyl sites for hydroxylation is 1. The zero-order chi connectivity index (χ0) is 32.1. The predicted octanol–water partition coefficient (Wildman–Crippen LogP) is 6.73. The molecule has 1 aliphatic rings. The van der Waals surface area contributed by atoms with Gasteiger partial charge in [-0.25, -0.2) is 8.42 Å². The molecule has 3 aromatic carbocycles. The first kappa shape index (κ1) is 33.3. The molecule has 236 valence electrons. The van der Waals surface area contributed by atoms with Gasteiger partial charge in [-0.15, -0.1) is 0 Å². The third-order valence-electron chi connectivity index (χ3n) is 7.75. The molecule has 0 spiro atoms. The highest BCUT2D eigenvalue weighted by Crippen LogP contribution is 2.38. The Kier molecular flexibility index (Phi) is 10.6. The van der Waals surface area contributed by atoms with Gasteiger partial charge < -0.3 is 10.2 Å². The molecule has 1 aliphatic carbocycles. The maximum Gasteiger partial charge on any atom is 0.417 e. The van der Waals surface area contributed by atoms with Gasteiger partial charge in [0.1, 0.15) is 12.6 Å². The molecule has 44 heavy (non-hydrogen) atoms. The monoisotopic (exact) mass is 649 g/mol. The molecule has 1 atom stereocenters. The van der Waals surface area contributed by atoms with E-state index in [0.29, 0.717) is 15.9 Å². The van der Waals surface area contributed by atoms with Crippen molar-refractivity contribution >= 4 is 39.1 Å². The summed E-state index contributed by atoms with van der Waals surface area (Å²) in [4.78, 5) is 28.5. The Morgan fingerprint density at radius 1 is 0.977 bits per heavy atom. The minimum absolute atomic E-state index is 0.0218. The van der Waals surface area contributed by atoms with Crippen LogP contribution in [-0.4, -0.2) is 43.8 Å². The lowest BCUT2D eigenvalue weighted by Gasteiger charge is -2.33. The molecule has 7 nitrogen and oxygen atoms in total. The molecular formula is C32H35ClF3N3O4S. The van der Waals surface area contributed by atoms with Gasteiger partial charge >= 0.3 is 6.18 Å². The van der Waals surface area contributed by atoms with Crippen molar-refractivity contribution in [3.05, 3.63) is 94.5 Å². The molecule has 1 N–H and O–H groups in total. The van der Waals surface area contributed by atoms with E-state index < -0.39 is 51.0 Å². The molecule has 1 fully saturated rings. The van der Waals surface area contributed by atoms with Crippen LogP contribution in [0.5, 0.6) is 0 Å². The molecular weight excluding hydrogens is 615 g/mol. The number of halogens is 4. The van der Waals surface area contributed by atoms with Crippen LogP contribution in [0.25, 0.3) is 0 Å². The first-order chi connectivity index (χ1) is 20.8. The van der Waals surface area contributed by atoms with E-state index in [4.69, 9.17) is 11.6 Å². The van der Waals surface area contributed by atoms with E-state index in [1.807, 2.05) is 19.1 Å². The third-order valence-corrected chi connectivity index (χ3v) is 9.86. The summed E-state index contributed by atoms with van der Waals surface area (Å²) in [6.07, 6.45) is -0.163. The van der Waals surface area contributed by atoms with Crippen molar-refractivity contribution in [1.29, 1.82) is 0 Å². The van der Waals surface area contributed by atoms with E-state index >= 15 is 0 Å². The Bertz CT molecular complexity index is 1560. The van der Waals surface area contributed by atoms with Crippen molar-refractivity contribution in [2.24, 2.45) is 0 Å². The topological polar surface area (TPSA) is 86.8 Å². The highest BCUT2D eigenvalue weighted by molar-refractivity contribution is 7.92. The molecule has 0 bridgehead atoms. The van der Waals surface area contributed by atoms with E-state index in [9.17, 15) is 31.2 Å². The minimum Gasteiger partial charge on any atom is -0.352 e. The second kappa shape index (κ2) is 14.0. The van der Waals surface area contributed by atoms with Crippen LogP contribution < -0.4 is 9.62 Å². The number of anilines is 1. The summed E-state index contributed by atoms with van der Waals surface area (Å²) < 4.78 is 69.7. The van der Waals surface area contributed by atoms with Crippen molar-refractivity contribution in [3.63, 3.8) is 0 Å². The van der Waals surface area contributed by atoms with Crippen LogP contribution >= 0.6 is 11.6 Å². The Labute approximate surface area is 261 Å². The summed E-state index contributed by atoms with van der Waals surface area (Å²) in [7, 11) is -4.53. The van der Waals surface area contributed by atoms with Gasteiger partial charge in [-0.2, -0.15) is 13.2 Å². The quantitative estimate of drug-likeness (QED) is 0.264. The predicted molar refractivity (Wildman–Crippen MR) is 164 cm³/mol. The molecule has 12 heteroatoms. The van der Waals surface area contributed by atoms with Crippen molar-refractivity contribution in [1.82, 2.24) is 10.2 Å². The lowest BCUT2D eigenvalue weighted by molar-refractivity contribution is -0.139. The zero-order valence-corrected chi connectivity index (χ0v) is 26.1. The van der Waals surface area contributed by atoms with Crippen LogP contribution in [0.4, 0.5) is 18.9 Å². The molecule has 1 saturated carbocycles. The molecule has 2 amide bonds. The van der Waals surface area contributed by atoms with Crippen LogP contribution in [0, 0.1) is 6.92 Å². The van der Waals surface area contributed by atoms with E-state index in [2.05, 4.69) is 5.32 Å². The lowest BCUT2D eigenvalue weighted by Crippen LogP contribution is -2.53. The number of amides is 2. The van der Waals surface area contributed by atoms with Gasteiger partial charge in [-0.05, 0) is 62.6 Å². The van der Waals surface area contributed by atoms with Gasteiger partial charge in [0.05, 0.1) is 21.2 Å². The fourth-order valence-corrected chi connectivity index (χ4v) is 6.83. The Hall–Kier alpha value is -3.57. The first-order valence-electron chi connectivity index (χ1n) is 14.4. The molecule has 4 rings (SSSR count). The fraction of sp³-hybridized carbons (Fsp3) is 0.375. The normalized spacial score (nSPS) is 15.0. The van der Waals surface area contributed by atoms with Crippen LogP contribution in [-0.2, 0) is 32.3 Å². The Balaban J connectivity index is 1.73. The van der Waals surface area contributed by atoms with Crippen molar-refractivity contribution < 1.29 is 31.2 Å². The van der Waals surface area contributed by atoms with E-state index in [1.165, 1.54) is 29.2 Å². The number of benzene rings is 3. The summed E-state index contributed by atoms with van der Waals surface area (Å²) in [5, 5.41) is 2.40. The minimum atomic E-state index is -4.87. The average molecular weight is 650 g/mol. The average Bonchev–Trinajstić information content (AvgIpc) is 2.99. The van der Waals surface area contributed by atoms with Gasteiger partial charge in [-0.1, -0.05) is 78.9 Å². The SMILES string of the molecule is Cc1ccc(CN(C(=O)CN(c2ccc(Cl)c(C(F)(F)F)c2)S(=O)(=O)c2ccccc2)[C@@H](C)C(=O)NC2CCCCC2)cc1. The lowest BCUT2D eigenvalue weighted by atomic mass is 9.95. The zero-order valence-electron chi connectivity index (χ0n) is 24.5. The summed E-state index contributed by atoms with van der Waals surface area (Å²) in [5.74, 6) is -1.15. The second-order valence-corrected chi connectivity index (χ2v) is 13.3. The number of hydrogen-bond acceptors (Lipinski definition) is 4. The molecule has 0 saturated heterocycles. The fourth-order valence-electron chi connectivity index (χ4n) is 5.18. The number of sulfonamides is 1. The van der Waals surface area contributed by atoms with Crippen molar-refractivity contribution in [3.8, 4) is 0 Å². The second-order valence-electron chi connectivity index (χ2n) is 11.0. The van der Waals surface area contributed by atoms with Crippen molar-refractivity contribution in [2.75, 3.05) is 10.8 Å². The smallest absolute Gasteiger partial charge is 0.352 e. The molecule has 0 aromatic heterocycles. The van der Waals surface area contributed by atoms with Crippen LogP contribution in [0.2, 0.25) is 5.02 Å². The maximum atomic E-state index is 14.1. The standard InChI is InChI=1S/C32H35ClF3N3O4S/c1-22-13-15-24(16-14-22)20-38(23(2)31(41)37-25-9-5-3-6-10-25)30(40)21-39(44(42,43)27-11-7-4-8-12-27)26-17-18-29(33)28(19-26)32(34,35)36/h4,7-8,11-19,23,25H,3,5-6,9-10,20-21H2,1-2H3,(H,37,41)/t23-/m0/s1. The van der Waals surface area contributed by atoms with E-state index in [1.54, 1.807) is 25.1 Å². The summed E-state index contributed by atoms with van der Waals surface area (Å²) in [5.41, 5.74) is 0.0466. The van der Waals surface area contributed by atoms with Crippen LogP contribution in [0.15, 0.2) is 77.7 Å². The molecule has 0 unspecified atom stereocenters. The van der Waals surface area contributed by atoms with E-state index in [0.717, 1.165) is 49.8 Å². The summed E-state index contributed by atoms with van der Waals surface area (Å²) in [6, 6.07) is 16.1. The number of nitrogens with zero attached hydrogens (tertiary/aromatic N) is 2. The van der Waals surface area contributed by atoms with Gasteiger partial charge in [0.2, 0.25) is 11.8 Å². The molecule has 0 radical (unpaired) electrons. The van der Waals surface area contributed by atoms with Crippen LogP contribution in [0.3, 0.4) is 0 Å². The summed E-state index contributed by atoms with van der Waals surface area (Å²) >= 11 is 5.82. The van der Waals surface area contributed by atoms with Gasteiger partial charge in [0.25, 0.3) is 10.0 Å². The number of nitrogens with one attached hydrogen (secondary N) is 1. The Morgan fingerprint density at radius 2 is 1.61 bits per heavy atom. The maximum absolute atomic E-state index is 14.1. The van der Waals surface area contributed by atoms with Gasteiger partial charge in [0, 0.05) is 12.6 Å². The highest BCUT2D eigenvalue weighted by atomic mass is 35.5. The molecule has 3 aromatic rings. The Morgan fingerprint density at radius 3 is 2.23 bits per heavy atom. The van der Waals surface area contributed by atoms with Crippen molar-refractivity contribution in [2.45, 2.75) is 75.7 Å². The molecule has 0 heterocycles. The largest absolute Gasteiger partial charge is 0.417 e. The van der Waals surface area contributed by atoms with Gasteiger partial charge in [0.15, 0.2) is 0 Å².